The van der Waals surface area contributed by atoms with Crippen LogP contribution in [0, 0.1) is 0 Å². The maximum absolute atomic E-state index is 13.2. The Hall–Kier alpha value is -1.82. The van der Waals surface area contributed by atoms with Crippen molar-refractivity contribution >= 4 is 17.2 Å². The number of hydrogen-bond donors (Lipinski definition) is 0. The molecule has 0 N–H and O–H groups in total. The number of hydrogen-bond acceptors (Lipinski definition) is 2. The summed E-state index contributed by atoms with van der Waals surface area (Å²) in [6.07, 6.45) is -1.49. The molecule has 0 bridgehead atoms. The molecule has 3 rings (SSSR count). The fourth-order valence-corrected chi connectivity index (χ4v) is 4.43. The first-order chi connectivity index (χ1) is 11.8. The van der Waals surface area contributed by atoms with E-state index < -0.39 is 17.2 Å². The molecule has 1 heterocycles. The van der Waals surface area contributed by atoms with Crippen LogP contribution in [0.5, 0.6) is 0 Å². The number of benzene rings is 1. The molecule has 1 aromatic heterocycles. The van der Waals surface area contributed by atoms with Crippen molar-refractivity contribution in [3.8, 4) is 0 Å². The van der Waals surface area contributed by atoms with Crippen LogP contribution in [0.25, 0.3) is 0 Å². The van der Waals surface area contributed by atoms with E-state index in [4.69, 9.17) is 0 Å². The molecule has 1 fully saturated rings. The van der Waals surface area contributed by atoms with Crippen LogP contribution in [0.2, 0.25) is 0 Å². The van der Waals surface area contributed by atoms with Gasteiger partial charge in [-0.2, -0.15) is 13.2 Å². The number of carbonyl (C=O) groups excluding carboxylic acids is 1. The maximum atomic E-state index is 13.2. The van der Waals surface area contributed by atoms with Gasteiger partial charge in [0.15, 0.2) is 0 Å². The Morgan fingerprint density at radius 1 is 1.20 bits per heavy atom. The van der Waals surface area contributed by atoms with E-state index in [1.54, 1.807) is 29.4 Å². The second-order valence-corrected chi connectivity index (χ2v) is 7.64. The third-order valence-corrected chi connectivity index (χ3v) is 5.79. The molecule has 25 heavy (non-hydrogen) atoms. The lowest BCUT2D eigenvalue weighted by atomic mass is 9.77. The van der Waals surface area contributed by atoms with Crippen LogP contribution < -0.4 is 0 Å². The lowest BCUT2D eigenvalue weighted by molar-refractivity contribution is -0.139. The highest BCUT2D eigenvalue weighted by Gasteiger charge is 2.45. The van der Waals surface area contributed by atoms with E-state index in [1.807, 2.05) is 17.5 Å². The molecular formula is C19H20F3NOS. The maximum Gasteiger partial charge on any atom is 0.416 e. The first-order valence-corrected chi connectivity index (χ1v) is 9.16. The van der Waals surface area contributed by atoms with Crippen molar-refractivity contribution in [2.75, 3.05) is 7.05 Å². The van der Waals surface area contributed by atoms with Gasteiger partial charge in [-0.25, -0.2) is 0 Å². The van der Waals surface area contributed by atoms with Crippen LogP contribution in [0.15, 0.2) is 41.8 Å². The average Bonchev–Trinajstić information content (AvgIpc) is 3.25. The van der Waals surface area contributed by atoms with Crippen molar-refractivity contribution in [1.82, 2.24) is 4.90 Å². The summed E-state index contributed by atoms with van der Waals surface area (Å²) in [4.78, 5) is 15.9. The Balaban J connectivity index is 1.92. The van der Waals surface area contributed by atoms with E-state index in [2.05, 4.69) is 0 Å². The average molecular weight is 367 g/mol. The van der Waals surface area contributed by atoms with E-state index in [9.17, 15) is 18.0 Å². The van der Waals surface area contributed by atoms with Crippen LogP contribution in [0.4, 0.5) is 13.2 Å². The highest BCUT2D eigenvalue weighted by atomic mass is 32.1. The van der Waals surface area contributed by atoms with Crippen molar-refractivity contribution < 1.29 is 18.0 Å². The smallest absolute Gasteiger partial charge is 0.340 e. The van der Waals surface area contributed by atoms with E-state index in [0.29, 0.717) is 24.9 Å². The summed E-state index contributed by atoms with van der Waals surface area (Å²) in [5.74, 6) is -0.0854. The summed E-state index contributed by atoms with van der Waals surface area (Å²) >= 11 is 1.57. The van der Waals surface area contributed by atoms with Gasteiger partial charge in [-0.3, -0.25) is 4.79 Å². The van der Waals surface area contributed by atoms with Gasteiger partial charge in [-0.1, -0.05) is 37.1 Å². The number of likely N-dealkylation sites (N-methyl/N-ethyl adjacent to an activating group) is 1. The fraction of sp³-hybridized carbons (Fsp3) is 0.421. The molecule has 1 aliphatic carbocycles. The first kappa shape index (κ1) is 18.0. The molecule has 1 saturated carbocycles. The zero-order valence-electron chi connectivity index (χ0n) is 14.0. The number of halogens is 3. The SMILES string of the molecule is CN(Cc1cccs1)C(=O)C1(c2cccc(C(F)(F)F)c2)CCCC1. The van der Waals surface area contributed by atoms with Gasteiger partial charge in [0, 0.05) is 11.9 Å². The van der Waals surface area contributed by atoms with E-state index in [1.165, 1.54) is 6.07 Å². The third kappa shape index (κ3) is 3.59. The summed E-state index contributed by atoms with van der Waals surface area (Å²) in [6, 6.07) is 9.17. The summed E-state index contributed by atoms with van der Waals surface area (Å²) in [5.41, 5.74) is -1.04. The highest BCUT2D eigenvalue weighted by Crippen LogP contribution is 2.44. The van der Waals surface area contributed by atoms with Gasteiger partial charge in [0.05, 0.1) is 17.5 Å². The lowest BCUT2D eigenvalue weighted by Crippen LogP contribution is -2.43. The van der Waals surface area contributed by atoms with Crippen LogP contribution in [-0.4, -0.2) is 17.9 Å². The second-order valence-electron chi connectivity index (χ2n) is 6.61. The van der Waals surface area contributed by atoms with Crippen molar-refractivity contribution in [3.05, 3.63) is 57.8 Å². The number of rotatable bonds is 4. The molecular weight excluding hydrogens is 347 g/mol. The van der Waals surface area contributed by atoms with Gasteiger partial charge in [-0.15, -0.1) is 11.3 Å². The van der Waals surface area contributed by atoms with E-state index in [-0.39, 0.29) is 5.91 Å². The van der Waals surface area contributed by atoms with Gasteiger partial charge in [-0.05, 0) is 35.9 Å². The summed E-state index contributed by atoms with van der Waals surface area (Å²) in [5, 5.41) is 1.95. The minimum absolute atomic E-state index is 0.0854. The van der Waals surface area contributed by atoms with Crippen LogP contribution in [0.1, 0.15) is 41.7 Å². The van der Waals surface area contributed by atoms with E-state index in [0.717, 1.165) is 29.9 Å². The molecule has 1 amide bonds. The predicted octanol–water partition coefficient (Wildman–Crippen LogP) is 5.24. The molecule has 2 nitrogen and oxygen atoms in total. The second kappa shape index (κ2) is 6.83. The summed E-state index contributed by atoms with van der Waals surface area (Å²) in [7, 11) is 1.73. The fourth-order valence-electron chi connectivity index (χ4n) is 3.67. The Kier molecular flexibility index (Phi) is 4.91. The molecule has 0 spiro atoms. The van der Waals surface area contributed by atoms with Gasteiger partial charge in [0.2, 0.25) is 5.91 Å². The minimum Gasteiger partial charge on any atom is -0.340 e. The first-order valence-electron chi connectivity index (χ1n) is 8.29. The summed E-state index contributed by atoms with van der Waals surface area (Å²) < 4.78 is 39.3. The molecule has 0 atom stereocenters. The molecule has 0 unspecified atom stereocenters. The number of nitrogens with zero attached hydrogens (tertiary/aromatic N) is 1. The van der Waals surface area contributed by atoms with Gasteiger partial charge >= 0.3 is 6.18 Å². The molecule has 0 radical (unpaired) electrons. The number of thiophene rings is 1. The molecule has 6 heteroatoms. The van der Waals surface area contributed by atoms with Gasteiger partial charge in [0.1, 0.15) is 0 Å². The van der Waals surface area contributed by atoms with Gasteiger partial charge in [0.25, 0.3) is 0 Å². The Morgan fingerprint density at radius 2 is 1.92 bits per heavy atom. The lowest BCUT2D eigenvalue weighted by Gasteiger charge is -2.33. The molecule has 1 aliphatic rings. The zero-order valence-corrected chi connectivity index (χ0v) is 14.8. The number of amides is 1. The number of carbonyl (C=O) groups is 1. The Labute approximate surface area is 149 Å². The zero-order chi connectivity index (χ0) is 18.1. The number of alkyl halides is 3. The van der Waals surface area contributed by atoms with Gasteiger partial charge < -0.3 is 4.90 Å². The van der Waals surface area contributed by atoms with Crippen molar-refractivity contribution in [1.29, 1.82) is 0 Å². The molecule has 2 aromatic rings. The molecule has 0 aliphatic heterocycles. The topological polar surface area (TPSA) is 20.3 Å². The molecule has 1 aromatic carbocycles. The van der Waals surface area contributed by atoms with Crippen LogP contribution >= 0.6 is 11.3 Å². The quantitative estimate of drug-likeness (QED) is 0.724. The van der Waals surface area contributed by atoms with Crippen molar-refractivity contribution in [2.45, 2.75) is 43.8 Å². The molecule has 134 valence electrons. The Bertz CT molecular complexity index is 733. The largest absolute Gasteiger partial charge is 0.416 e. The third-order valence-electron chi connectivity index (χ3n) is 4.93. The highest BCUT2D eigenvalue weighted by molar-refractivity contribution is 7.09. The van der Waals surface area contributed by atoms with Crippen molar-refractivity contribution in [3.63, 3.8) is 0 Å². The normalized spacial score (nSPS) is 16.8. The van der Waals surface area contributed by atoms with Crippen LogP contribution in [0.3, 0.4) is 0 Å². The minimum atomic E-state index is -4.40. The molecule has 0 saturated heterocycles. The van der Waals surface area contributed by atoms with Crippen molar-refractivity contribution in [2.24, 2.45) is 0 Å². The summed E-state index contributed by atoms with van der Waals surface area (Å²) in [6.45, 7) is 0.483. The van der Waals surface area contributed by atoms with E-state index >= 15 is 0 Å². The standard InChI is InChI=1S/C19H20F3NOS/c1-23(13-16-8-5-11-25-16)17(24)18(9-2-3-10-18)14-6-4-7-15(12-14)19(20,21)22/h4-8,11-12H,2-3,9-10,13H2,1H3. The van der Waals surface area contributed by atoms with Crippen LogP contribution in [-0.2, 0) is 22.9 Å². The monoisotopic (exact) mass is 367 g/mol. The predicted molar refractivity (Wildman–Crippen MR) is 92.4 cm³/mol. The Morgan fingerprint density at radius 3 is 2.52 bits per heavy atom.